The number of benzene rings is 2. The van der Waals surface area contributed by atoms with E-state index in [9.17, 15) is 23.1 Å². The Kier molecular flexibility index (Phi) is 6.02. The van der Waals surface area contributed by atoms with Crippen LogP contribution < -0.4 is 14.8 Å². The highest BCUT2D eigenvalue weighted by molar-refractivity contribution is 7.89. The molecule has 0 aliphatic carbocycles. The smallest absolute Gasteiger partial charge is 0.300 e. The second-order valence-electron chi connectivity index (χ2n) is 7.07. The van der Waals surface area contributed by atoms with Crippen LogP contribution in [0.2, 0.25) is 5.02 Å². The third kappa shape index (κ3) is 4.13. The van der Waals surface area contributed by atoms with Gasteiger partial charge in [-0.15, -0.1) is 11.3 Å². The number of halogens is 1. The Bertz CT molecular complexity index is 1380. The van der Waals surface area contributed by atoms with Crippen molar-refractivity contribution < 1.29 is 27.9 Å². The van der Waals surface area contributed by atoms with Crippen LogP contribution in [0.1, 0.15) is 16.5 Å². The fraction of sp³-hybridized carbons (Fsp3) is 0.0909. The predicted molar refractivity (Wildman–Crippen MR) is 125 cm³/mol. The van der Waals surface area contributed by atoms with Crippen LogP contribution in [-0.4, -0.2) is 32.3 Å². The number of nitrogens with zero attached hydrogens (tertiary/aromatic N) is 1. The summed E-state index contributed by atoms with van der Waals surface area (Å²) in [6.45, 7) is 0. The van der Waals surface area contributed by atoms with Gasteiger partial charge in [-0.3, -0.25) is 14.5 Å². The van der Waals surface area contributed by atoms with Gasteiger partial charge in [0, 0.05) is 16.1 Å². The van der Waals surface area contributed by atoms with E-state index in [2.05, 4.69) is 0 Å². The second kappa shape index (κ2) is 8.64. The monoisotopic (exact) mass is 504 g/mol. The van der Waals surface area contributed by atoms with Crippen molar-refractivity contribution >= 4 is 56.1 Å². The molecule has 0 saturated carbocycles. The molecule has 1 aromatic heterocycles. The van der Waals surface area contributed by atoms with E-state index in [1.54, 1.807) is 17.5 Å². The molecule has 3 aromatic rings. The number of primary sulfonamides is 1. The number of carbonyl (C=O) groups excluding carboxylic acids is 2. The number of carbonyl (C=O) groups is 2. The van der Waals surface area contributed by atoms with Crippen LogP contribution in [0.4, 0.5) is 5.69 Å². The number of anilines is 1. The summed E-state index contributed by atoms with van der Waals surface area (Å²) in [7, 11) is -2.52. The molecule has 8 nitrogen and oxygen atoms in total. The average Bonchev–Trinajstić information content (AvgIpc) is 3.40. The number of nitrogens with two attached hydrogens (primary N) is 1. The fourth-order valence-electron chi connectivity index (χ4n) is 3.57. The summed E-state index contributed by atoms with van der Waals surface area (Å²) < 4.78 is 28.4. The summed E-state index contributed by atoms with van der Waals surface area (Å²) in [5, 5.41) is 18.3. The Labute approximate surface area is 198 Å². The number of ether oxygens (including phenoxy) is 1. The van der Waals surface area contributed by atoms with Gasteiger partial charge < -0.3 is 9.84 Å². The van der Waals surface area contributed by atoms with Gasteiger partial charge >= 0.3 is 0 Å². The van der Waals surface area contributed by atoms with Crippen molar-refractivity contribution in [3.8, 4) is 5.75 Å². The Morgan fingerprint density at radius 2 is 1.85 bits per heavy atom. The highest BCUT2D eigenvalue weighted by atomic mass is 35.5. The van der Waals surface area contributed by atoms with Gasteiger partial charge in [0.1, 0.15) is 17.6 Å². The summed E-state index contributed by atoms with van der Waals surface area (Å²) in [5.41, 5.74) is 0.415. The highest BCUT2D eigenvalue weighted by Crippen LogP contribution is 2.44. The summed E-state index contributed by atoms with van der Waals surface area (Å²) in [4.78, 5) is 27.9. The minimum absolute atomic E-state index is 0.109. The van der Waals surface area contributed by atoms with E-state index in [0.717, 1.165) is 0 Å². The molecule has 11 heteroatoms. The largest absolute Gasteiger partial charge is 0.507 e. The van der Waals surface area contributed by atoms with Gasteiger partial charge in [0.25, 0.3) is 11.7 Å². The molecule has 1 saturated heterocycles. The zero-order chi connectivity index (χ0) is 23.9. The van der Waals surface area contributed by atoms with Crippen LogP contribution >= 0.6 is 22.9 Å². The second-order valence-corrected chi connectivity index (χ2v) is 10.0. The molecule has 2 aromatic carbocycles. The Hall–Kier alpha value is -3.18. The zero-order valence-electron chi connectivity index (χ0n) is 17.1. The molecule has 4 rings (SSSR count). The number of aliphatic hydroxyl groups is 1. The molecular formula is C22H17ClN2O6S2. The molecule has 2 heterocycles. The quantitative estimate of drug-likeness (QED) is 0.310. The van der Waals surface area contributed by atoms with Crippen LogP contribution in [0.3, 0.4) is 0 Å². The standard InChI is InChI=1S/C22H17ClN2O6S2/c1-31-16-11-12(4-9-15(16)23)20(26)18-19(17-3-2-10-32-17)25(22(28)21(18)27)13-5-7-14(8-6-13)33(24,29)30/h2-11,19,26H,1H3,(H2,24,29,30)/b20-18-. The van der Waals surface area contributed by atoms with Crippen LogP contribution in [-0.2, 0) is 19.6 Å². The lowest BCUT2D eigenvalue weighted by molar-refractivity contribution is -0.132. The predicted octanol–water partition coefficient (Wildman–Crippen LogP) is 3.68. The van der Waals surface area contributed by atoms with E-state index in [4.69, 9.17) is 21.5 Å². The van der Waals surface area contributed by atoms with Gasteiger partial charge in [-0.1, -0.05) is 17.7 Å². The third-order valence-corrected chi connectivity index (χ3v) is 7.29. The number of thiophene rings is 1. The average molecular weight is 505 g/mol. The number of rotatable bonds is 5. The van der Waals surface area contributed by atoms with E-state index < -0.39 is 27.8 Å². The Morgan fingerprint density at radius 1 is 1.15 bits per heavy atom. The van der Waals surface area contributed by atoms with Crippen molar-refractivity contribution in [1.82, 2.24) is 0 Å². The van der Waals surface area contributed by atoms with E-state index in [-0.39, 0.29) is 27.5 Å². The molecule has 33 heavy (non-hydrogen) atoms. The number of Topliss-reactive ketones (excluding diaryl/α,β-unsaturated/α-hetero) is 1. The molecule has 0 radical (unpaired) electrons. The van der Waals surface area contributed by atoms with Crippen LogP contribution in [0.5, 0.6) is 5.75 Å². The number of ketones is 1. The van der Waals surface area contributed by atoms with Gasteiger partial charge in [0.15, 0.2) is 0 Å². The van der Waals surface area contributed by atoms with Gasteiger partial charge in [0.05, 0.1) is 22.6 Å². The normalized spacial score (nSPS) is 18.0. The summed E-state index contributed by atoms with van der Waals surface area (Å²) in [6, 6.07) is 12.3. The zero-order valence-corrected chi connectivity index (χ0v) is 19.4. The lowest BCUT2D eigenvalue weighted by Crippen LogP contribution is -2.29. The SMILES string of the molecule is COc1cc(/C(O)=C2/C(=O)C(=O)N(c3ccc(S(N)(=O)=O)cc3)C2c2cccs2)ccc1Cl. The number of sulfonamides is 1. The first kappa shape index (κ1) is 23.0. The van der Waals surface area contributed by atoms with Crippen molar-refractivity contribution in [3.05, 3.63) is 81.0 Å². The van der Waals surface area contributed by atoms with Gasteiger partial charge in [-0.05, 0) is 53.9 Å². The molecule has 1 fully saturated rings. The van der Waals surface area contributed by atoms with E-state index >= 15 is 0 Å². The molecule has 3 N–H and O–H groups in total. The maximum atomic E-state index is 13.1. The number of hydrogen-bond acceptors (Lipinski definition) is 7. The van der Waals surface area contributed by atoms with Gasteiger partial charge in [-0.2, -0.15) is 0 Å². The maximum Gasteiger partial charge on any atom is 0.300 e. The van der Waals surface area contributed by atoms with Gasteiger partial charge in [0.2, 0.25) is 10.0 Å². The van der Waals surface area contributed by atoms with Crippen molar-refractivity contribution in [2.75, 3.05) is 12.0 Å². The first-order valence-corrected chi connectivity index (χ1v) is 12.2. The lowest BCUT2D eigenvalue weighted by Gasteiger charge is -2.24. The molecular weight excluding hydrogens is 488 g/mol. The van der Waals surface area contributed by atoms with Crippen LogP contribution in [0.15, 0.2) is 70.4 Å². The Morgan fingerprint density at radius 3 is 2.42 bits per heavy atom. The van der Waals surface area contributed by atoms with Crippen LogP contribution in [0, 0.1) is 0 Å². The molecule has 0 spiro atoms. The number of methoxy groups -OCH3 is 1. The molecule has 1 amide bonds. The van der Waals surface area contributed by atoms with E-state index in [0.29, 0.717) is 15.6 Å². The molecule has 1 aliphatic rings. The third-order valence-electron chi connectivity index (χ3n) is 5.13. The van der Waals surface area contributed by atoms with E-state index in [1.807, 2.05) is 0 Å². The van der Waals surface area contributed by atoms with Crippen molar-refractivity contribution in [1.29, 1.82) is 0 Å². The van der Waals surface area contributed by atoms with Crippen molar-refractivity contribution in [3.63, 3.8) is 0 Å². The maximum absolute atomic E-state index is 13.1. The molecule has 1 atom stereocenters. The number of hydrogen-bond donors (Lipinski definition) is 2. The summed E-state index contributed by atoms with van der Waals surface area (Å²) >= 11 is 7.37. The molecule has 170 valence electrons. The summed E-state index contributed by atoms with van der Waals surface area (Å²) in [6.07, 6.45) is 0. The number of aliphatic hydroxyl groups excluding tert-OH is 1. The van der Waals surface area contributed by atoms with Gasteiger partial charge in [-0.25, -0.2) is 13.6 Å². The first-order chi connectivity index (χ1) is 15.6. The van der Waals surface area contributed by atoms with Crippen molar-refractivity contribution in [2.45, 2.75) is 10.9 Å². The minimum atomic E-state index is -3.93. The topological polar surface area (TPSA) is 127 Å². The van der Waals surface area contributed by atoms with Crippen LogP contribution in [0.25, 0.3) is 5.76 Å². The first-order valence-electron chi connectivity index (χ1n) is 9.44. The van der Waals surface area contributed by atoms with Crippen molar-refractivity contribution in [2.24, 2.45) is 5.14 Å². The Balaban J connectivity index is 1.89. The fourth-order valence-corrected chi connectivity index (χ4v) is 5.11. The molecule has 1 aliphatic heterocycles. The molecule has 1 unspecified atom stereocenters. The molecule has 0 bridgehead atoms. The summed E-state index contributed by atoms with van der Waals surface area (Å²) in [5.74, 6) is -1.83. The highest BCUT2D eigenvalue weighted by Gasteiger charge is 2.47. The lowest BCUT2D eigenvalue weighted by atomic mass is 9.99. The van der Waals surface area contributed by atoms with E-state index in [1.165, 1.54) is 65.8 Å². The number of amides is 1. The minimum Gasteiger partial charge on any atom is -0.507 e.